The van der Waals surface area contributed by atoms with E-state index in [9.17, 15) is 5.11 Å². The second-order valence-corrected chi connectivity index (χ2v) is 2.51. The molecule has 0 atom stereocenters. The molecule has 1 aromatic carbocycles. The van der Waals surface area contributed by atoms with Crippen LogP contribution in [0.5, 0.6) is 11.6 Å². The van der Waals surface area contributed by atoms with Crippen LogP contribution in [0.4, 0.5) is 0 Å². The van der Waals surface area contributed by atoms with Crippen molar-refractivity contribution < 1.29 is 29.1 Å². The van der Waals surface area contributed by atoms with E-state index in [1.54, 1.807) is 18.2 Å². The Hall–Kier alpha value is -1.17. The molecule has 4 heteroatoms. The van der Waals surface area contributed by atoms with E-state index in [2.05, 4.69) is 4.98 Å². The zero-order chi connectivity index (χ0) is 8.55. The van der Waals surface area contributed by atoms with Crippen LogP contribution in [-0.2, 0) is 0 Å². The molecule has 3 nitrogen and oxygen atoms in total. The molecule has 0 unspecified atom stereocenters. The molecule has 0 saturated heterocycles. The van der Waals surface area contributed by atoms with Crippen LogP contribution < -0.4 is 24.0 Å². The second-order valence-electron chi connectivity index (χ2n) is 2.51. The number of fused-ring (bicyclic) bond motifs is 1. The number of benzene rings is 1. The maximum atomic E-state index is 10.9. The zero-order valence-electron chi connectivity index (χ0n) is 7.19. The number of aromatic nitrogens is 1. The first kappa shape index (κ1) is 9.91. The van der Waals surface area contributed by atoms with Crippen molar-refractivity contribution in [3.05, 3.63) is 30.3 Å². The van der Waals surface area contributed by atoms with Crippen molar-refractivity contribution in [3.8, 4) is 11.6 Å². The normalized spacial score (nSPS) is 9.54. The minimum atomic E-state index is -0.575. The second kappa shape index (κ2) is 3.69. The number of pyridine rings is 1. The predicted molar refractivity (Wildman–Crippen MR) is 42.9 cm³/mol. The Labute approximate surface area is 87.2 Å². The number of hydrogen-bond donors (Lipinski definition) is 1. The molecular weight excluding hydrogens is 161 g/mol. The Bertz CT molecular complexity index is 390. The van der Waals surface area contributed by atoms with Crippen LogP contribution in [0.25, 0.3) is 10.9 Å². The summed E-state index contributed by atoms with van der Waals surface area (Å²) < 4.78 is 0. The summed E-state index contributed by atoms with van der Waals surface area (Å²) >= 11 is 0. The van der Waals surface area contributed by atoms with Gasteiger partial charge >= 0.3 is 18.9 Å². The molecule has 13 heavy (non-hydrogen) atoms. The van der Waals surface area contributed by atoms with Gasteiger partial charge in [-0.1, -0.05) is 18.2 Å². The first-order valence-corrected chi connectivity index (χ1v) is 3.53. The van der Waals surface area contributed by atoms with Gasteiger partial charge in [0.2, 0.25) is 0 Å². The third-order valence-electron chi connectivity index (χ3n) is 1.67. The average Bonchev–Trinajstić information content (AvgIpc) is 2.07. The van der Waals surface area contributed by atoms with Crippen LogP contribution in [-0.4, -0.2) is 10.1 Å². The topological polar surface area (TPSA) is 56.2 Å². The van der Waals surface area contributed by atoms with E-state index < -0.39 is 5.88 Å². The molecule has 0 aliphatic heterocycles. The SMILES string of the molecule is [Li+].[O-]c1nc2ccccc2cc1O. The maximum absolute atomic E-state index is 10.9. The van der Waals surface area contributed by atoms with E-state index in [4.69, 9.17) is 5.11 Å². The first-order chi connectivity index (χ1) is 5.77. The Morgan fingerprint density at radius 1 is 1.23 bits per heavy atom. The molecule has 0 aliphatic rings. The number of para-hydroxylation sites is 1. The van der Waals surface area contributed by atoms with E-state index in [-0.39, 0.29) is 24.6 Å². The fourth-order valence-corrected chi connectivity index (χ4v) is 1.09. The molecule has 1 aromatic heterocycles. The molecule has 0 aliphatic carbocycles. The maximum Gasteiger partial charge on any atom is 1.00 e. The van der Waals surface area contributed by atoms with E-state index in [1.165, 1.54) is 6.07 Å². The number of nitrogens with zero attached hydrogens (tertiary/aromatic N) is 1. The largest absolute Gasteiger partial charge is 1.00 e. The van der Waals surface area contributed by atoms with Gasteiger partial charge in [-0.05, 0) is 12.1 Å². The third kappa shape index (κ3) is 1.77. The minimum Gasteiger partial charge on any atom is -0.856 e. The first-order valence-electron chi connectivity index (χ1n) is 3.53. The number of rotatable bonds is 0. The van der Waals surface area contributed by atoms with Gasteiger partial charge in [-0.25, -0.2) is 0 Å². The summed E-state index contributed by atoms with van der Waals surface area (Å²) in [5.41, 5.74) is 0.611. The molecule has 1 N–H and O–H groups in total. The zero-order valence-corrected chi connectivity index (χ0v) is 7.19. The summed E-state index contributed by atoms with van der Waals surface area (Å²) in [6.45, 7) is 0. The third-order valence-corrected chi connectivity index (χ3v) is 1.67. The Morgan fingerprint density at radius 3 is 2.69 bits per heavy atom. The van der Waals surface area contributed by atoms with Crippen molar-refractivity contribution in [2.45, 2.75) is 0 Å². The van der Waals surface area contributed by atoms with Gasteiger partial charge in [-0.15, -0.1) is 0 Å². The molecule has 2 aromatic rings. The molecular formula is C9H6LiNO2. The Morgan fingerprint density at radius 2 is 1.92 bits per heavy atom. The van der Waals surface area contributed by atoms with Gasteiger partial charge in [0.25, 0.3) is 0 Å². The molecule has 2 rings (SSSR count). The molecule has 1 heterocycles. The van der Waals surface area contributed by atoms with Crippen molar-refractivity contribution in [2.24, 2.45) is 0 Å². The number of aromatic hydroxyl groups is 1. The number of hydrogen-bond acceptors (Lipinski definition) is 3. The van der Waals surface area contributed by atoms with E-state index >= 15 is 0 Å². The predicted octanol–water partition coefficient (Wildman–Crippen LogP) is -1.98. The molecule has 0 bridgehead atoms. The van der Waals surface area contributed by atoms with E-state index in [1.807, 2.05) is 6.07 Å². The smallest absolute Gasteiger partial charge is 0.856 e. The van der Waals surface area contributed by atoms with Crippen molar-refractivity contribution in [2.75, 3.05) is 0 Å². The van der Waals surface area contributed by atoms with E-state index in [0.29, 0.717) is 5.52 Å². The van der Waals surface area contributed by atoms with Crippen molar-refractivity contribution in [1.29, 1.82) is 0 Å². The van der Waals surface area contributed by atoms with Gasteiger partial charge in [0.1, 0.15) is 5.75 Å². The fraction of sp³-hybridized carbons (Fsp3) is 0. The van der Waals surface area contributed by atoms with Gasteiger partial charge in [0.15, 0.2) is 0 Å². The summed E-state index contributed by atoms with van der Waals surface area (Å²) in [6.07, 6.45) is 0. The molecule has 0 radical (unpaired) electrons. The van der Waals surface area contributed by atoms with Crippen LogP contribution in [0.3, 0.4) is 0 Å². The average molecular weight is 167 g/mol. The summed E-state index contributed by atoms with van der Waals surface area (Å²) in [6, 6.07) is 8.57. The van der Waals surface area contributed by atoms with Crippen molar-refractivity contribution in [3.63, 3.8) is 0 Å². The molecule has 0 amide bonds. The minimum absolute atomic E-state index is 0. The molecule has 0 saturated carbocycles. The van der Waals surface area contributed by atoms with Gasteiger partial charge in [0.05, 0.1) is 5.52 Å². The molecule has 0 spiro atoms. The summed E-state index contributed by atoms with van der Waals surface area (Å²) in [5, 5.41) is 20.7. The van der Waals surface area contributed by atoms with E-state index in [0.717, 1.165) is 5.39 Å². The van der Waals surface area contributed by atoms with Crippen LogP contribution in [0.15, 0.2) is 30.3 Å². The fourth-order valence-electron chi connectivity index (χ4n) is 1.09. The van der Waals surface area contributed by atoms with Crippen LogP contribution in [0.1, 0.15) is 0 Å². The quantitative estimate of drug-likeness (QED) is 0.462. The van der Waals surface area contributed by atoms with Gasteiger partial charge in [-0.3, -0.25) is 4.98 Å². The summed E-state index contributed by atoms with van der Waals surface area (Å²) in [5.74, 6) is -0.873. The molecule has 0 fully saturated rings. The Kier molecular flexibility index (Phi) is 2.82. The van der Waals surface area contributed by atoms with Gasteiger partial charge < -0.3 is 10.2 Å². The standard InChI is InChI=1S/C9H7NO2.Li/c11-8-5-6-3-1-2-4-7(6)10-9(8)12;/h1-5,11H,(H,10,12);/q;+1/p-1. The van der Waals surface area contributed by atoms with Gasteiger partial charge in [0, 0.05) is 11.3 Å². The molecule has 60 valence electrons. The summed E-state index contributed by atoms with van der Waals surface area (Å²) in [7, 11) is 0. The van der Waals surface area contributed by atoms with Crippen LogP contribution >= 0.6 is 0 Å². The van der Waals surface area contributed by atoms with Crippen LogP contribution in [0, 0.1) is 0 Å². The Balaban J connectivity index is 0.000000845. The van der Waals surface area contributed by atoms with Crippen molar-refractivity contribution >= 4 is 10.9 Å². The summed E-state index contributed by atoms with van der Waals surface area (Å²) in [4.78, 5) is 3.67. The van der Waals surface area contributed by atoms with Crippen molar-refractivity contribution in [1.82, 2.24) is 4.98 Å². The van der Waals surface area contributed by atoms with Crippen LogP contribution in [0.2, 0.25) is 0 Å². The van der Waals surface area contributed by atoms with Gasteiger partial charge in [-0.2, -0.15) is 0 Å². The monoisotopic (exact) mass is 167 g/mol.